The van der Waals surface area contributed by atoms with Crippen LogP contribution in [-0.4, -0.2) is 51.0 Å². The number of benzene rings is 2. The maximum Gasteiger partial charge on any atom is 0.233 e. The number of fused-ring (bicyclic) bond motifs is 2. The Morgan fingerprint density at radius 1 is 1.11 bits per heavy atom. The molecule has 5 rings (SSSR count). The first-order chi connectivity index (χ1) is 16.7. The maximum atomic E-state index is 13.4. The lowest BCUT2D eigenvalue weighted by atomic mass is 9.65. The normalized spacial score (nSPS) is 22.9. The number of aromatic nitrogens is 3. The van der Waals surface area contributed by atoms with Gasteiger partial charge in [0.05, 0.1) is 12.9 Å². The first kappa shape index (κ1) is 23.9. The van der Waals surface area contributed by atoms with E-state index in [4.69, 9.17) is 4.74 Å². The van der Waals surface area contributed by atoms with E-state index in [1.54, 1.807) is 7.11 Å². The van der Waals surface area contributed by atoms with Gasteiger partial charge in [0.2, 0.25) is 5.91 Å². The second-order valence-corrected chi connectivity index (χ2v) is 12.2. The number of likely N-dealkylation sites (tertiary alicyclic amines) is 1. The van der Waals surface area contributed by atoms with Crippen LogP contribution in [0.2, 0.25) is 0 Å². The zero-order valence-corrected chi connectivity index (χ0v) is 22.1. The third-order valence-electron chi connectivity index (χ3n) is 7.30. The summed E-state index contributed by atoms with van der Waals surface area (Å²) < 4.78 is 7.39. The zero-order chi connectivity index (χ0) is 24.8. The second kappa shape index (κ2) is 9.01. The summed E-state index contributed by atoms with van der Waals surface area (Å²) in [5, 5.41) is 9.77. The molecule has 0 radical (unpaired) electrons. The van der Waals surface area contributed by atoms with E-state index >= 15 is 0 Å². The molecule has 2 heterocycles. The molecule has 2 fully saturated rings. The largest absolute Gasteiger partial charge is 0.497 e. The van der Waals surface area contributed by atoms with E-state index in [0.717, 1.165) is 47.8 Å². The topological polar surface area (TPSA) is 60.2 Å². The lowest BCUT2D eigenvalue weighted by molar-refractivity contribution is -0.129. The molecule has 7 heteroatoms. The number of ether oxygens (including phenoxy) is 1. The maximum absolute atomic E-state index is 13.4. The van der Waals surface area contributed by atoms with Gasteiger partial charge in [-0.15, -0.1) is 10.2 Å². The molecule has 2 atom stereocenters. The second-order valence-electron chi connectivity index (χ2n) is 11.2. The number of nitrogens with zero attached hydrogens (tertiary/aromatic N) is 4. The standard InChI is InChI=1S/C28H34N4O2S/c1-19-7-6-8-20(13-19)25-29-30-26(32(25)21-9-11-23(34-5)12-10-21)35-16-24(33)31-18-28(4)15-22(31)14-27(2,3)17-28/h6-13,22H,14-18H2,1-5H3/t22-,28-/m0/s1. The van der Waals surface area contributed by atoms with Crippen molar-refractivity contribution in [2.45, 2.75) is 58.2 Å². The molecule has 0 spiro atoms. The first-order valence-corrected chi connectivity index (χ1v) is 13.2. The Labute approximate surface area is 212 Å². The number of amides is 1. The molecule has 1 amide bonds. The Kier molecular flexibility index (Phi) is 6.16. The van der Waals surface area contributed by atoms with Crippen LogP contribution in [0.3, 0.4) is 0 Å². The Hall–Kier alpha value is -2.80. The van der Waals surface area contributed by atoms with Crippen molar-refractivity contribution >= 4 is 17.7 Å². The molecule has 3 aromatic rings. The molecular weight excluding hydrogens is 456 g/mol. The van der Waals surface area contributed by atoms with E-state index in [9.17, 15) is 4.79 Å². The number of hydrogen-bond acceptors (Lipinski definition) is 5. The Morgan fingerprint density at radius 3 is 2.60 bits per heavy atom. The van der Waals surface area contributed by atoms with Crippen molar-refractivity contribution in [3.05, 3.63) is 54.1 Å². The summed E-state index contributed by atoms with van der Waals surface area (Å²) in [6.45, 7) is 9.95. The number of rotatable bonds is 6. The highest BCUT2D eigenvalue weighted by molar-refractivity contribution is 7.99. The van der Waals surface area contributed by atoms with Crippen molar-refractivity contribution in [2.24, 2.45) is 10.8 Å². The molecule has 2 aliphatic rings. The number of carbonyl (C=O) groups is 1. The fourth-order valence-electron chi connectivity index (χ4n) is 6.26. The third-order valence-corrected chi connectivity index (χ3v) is 8.21. The van der Waals surface area contributed by atoms with Gasteiger partial charge in [-0.1, -0.05) is 56.3 Å². The SMILES string of the molecule is COc1ccc(-n2c(SCC(=O)N3C[C@@]4(C)C[C@@H]3CC(C)(C)C4)nnc2-c2cccc(C)c2)cc1. The van der Waals surface area contributed by atoms with Crippen molar-refractivity contribution in [2.75, 3.05) is 19.4 Å². The van der Waals surface area contributed by atoms with Crippen LogP contribution < -0.4 is 4.74 Å². The molecule has 1 saturated carbocycles. The number of methoxy groups -OCH3 is 1. The first-order valence-electron chi connectivity index (χ1n) is 12.3. The number of hydrogen-bond donors (Lipinski definition) is 0. The van der Waals surface area contributed by atoms with E-state index in [1.807, 2.05) is 41.0 Å². The summed E-state index contributed by atoms with van der Waals surface area (Å²) in [6.07, 6.45) is 3.38. The van der Waals surface area contributed by atoms with Crippen LogP contribution in [0.1, 0.15) is 45.6 Å². The molecule has 1 aromatic heterocycles. The van der Waals surface area contributed by atoms with Crippen LogP contribution in [0.25, 0.3) is 17.1 Å². The smallest absolute Gasteiger partial charge is 0.233 e. The van der Waals surface area contributed by atoms with E-state index in [-0.39, 0.29) is 16.7 Å². The molecule has 1 saturated heterocycles. The fraction of sp³-hybridized carbons (Fsp3) is 0.464. The van der Waals surface area contributed by atoms with Crippen molar-refractivity contribution in [1.82, 2.24) is 19.7 Å². The van der Waals surface area contributed by atoms with Gasteiger partial charge in [-0.05, 0) is 67.3 Å². The summed E-state index contributed by atoms with van der Waals surface area (Å²) in [4.78, 5) is 15.5. The predicted octanol–water partition coefficient (Wildman–Crippen LogP) is 5.77. The molecule has 0 N–H and O–H groups in total. The fourth-order valence-corrected chi connectivity index (χ4v) is 7.10. The van der Waals surface area contributed by atoms with Gasteiger partial charge < -0.3 is 9.64 Å². The Bertz CT molecular complexity index is 1240. The summed E-state index contributed by atoms with van der Waals surface area (Å²) in [5.74, 6) is 2.11. The molecule has 6 nitrogen and oxygen atoms in total. The van der Waals surface area contributed by atoms with Gasteiger partial charge >= 0.3 is 0 Å². The Morgan fingerprint density at radius 2 is 1.89 bits per heavy atom. The quantitative estimate of drug-likeness (QED) is 0.411. The summed E-state index contributed by atoms with van der Waals surface area (Å²) in [7, 11) is 1.66. The van der Waals surface area contributed by atoms with Crippen molar-refractivity contribution in [3.8, 4) is 22.8 Å². The van der Waals surface area contributed by atoms with E-state index in [1.165, 1.54) is 18.2 Å². The Balaban J connectivity index is 1.41. The molecule has 0 unspecified atom stereocenters. The molecule has 35 heavy (non-hydrogen) atoms. The number of thioether (sulfide) groups is 1. The lowest BCUT2D eigenvalue weighted by Crippen LogP contribution is -2.38. The molecule has 184 valence electrons. The predicted molar refractivity (Wildman–Crippen MR) is 140 cm³/mol. The minimum Gasteiger partial charge on any atom is -0.497 e. The minimum absolute atomic E-state index is 0.197. The summed E-state index contributed by atoms with van der Waals surface area (Å²) >= 11 is 1.47. The van der Waals surface area contributed by atoms with E-state index < -0.39 is 0 Å². The monoisotopic (exact) mass is 490 g/mol. The van der Waals surface area contributed by atoms with Gasteiger partial charge in [0.1, 0.15) is 5.75 Å². The highest BCUT2D eigenvalue weighted by atomic mass is 32.2. The van der Waals surface area contributed by atoms with Crippen LogP contribution >= 0.6 is 11.8 Å². The molecule has 1 aliphatic heterocycles. The van der Waals surface area contributed by atoms with Gasteiger partial charge in [-0.3, -0.25) is 9.36 Å². The van der Waals surface area contributed by atoms with Crippen LogP contribution in [0.5, 0.6) is 5.75 Å². The highest BCUT2D eigenvalue weighted by Gasteiger charge is 2.50. The average molecular weight is 491 g/mol. The van der Waals surface area contributed by atoms with Crippen LogP contribution in [0.15, 0.2) is 53.7 Å². The summed E-state index contributed by atoms with van der Waals surface area (Å²) in [5.41, 5.74) is 3.61. The van der Waals surface area contributed by atoms with Crippen LogP contribution in [0, 0.1) is 17.8 Å². The van der Waals surface area contributed by atoms with Gasteiger partial charge in [0.15, 0.2) is 11.0 Å². The van der Waals surface area contributed by atoms with E-state index in [2.05, 4.69) is 54.9 Å². The number of carbonyl (C=O) groups excluding carboxylic acids is 1. The van der Waals surface area contributed by atoms with Crippen LogP contribution in [0.4, 0.5) is 0 Å². The third kappa shape index (κ3) is 4.83. The van der Waals surface area contributed by atoms with Gasteiger partial charge in [-0.25, -0.2) is 0 Å². The summed E-state index contributed by atoms with van der Waals surface area (Å²) in [6, 6.07) is 16.5. The van der Waals surface area contributed by atoms with Gasteiger partial charge in [0, 0.05) is 23.8 Å². The van der Waals surface area contributed by atoms with Gasteiger partial charge in [0.25, 0.3) is 0 Å². The number of aryl methyl sites for hydroxylation is 1. The van der Waals surface area contributed by atoms with Crippen molar-refractivity contribution in [3.63, 3.8) is 0 Å². The molecular formula is C28H34N4O2S. The molecule has 1 aliphatic carbocycles. The lowest BCUT2D eigenvalue weighted by Gasteiger charge is -2.39. The van der Waals surface area contributed by atoms with E-state index in [0.29, 0.717) is 17.0 Å². The average Bonchev–Trinajstić information content (AvgIpc) is 3.34. The molecule has 2 aromatic carbocycles. The highest BCUT2D eigenvalue weighted by Crippen LogP contribution is 2.52. The molecule has 2 bridgehead atoms. The van der Waals surface area contributed by atoms with Crippen LogP contribution in [-0.2, 0) is 4.79 Å². The van der Waals surface area contributed by atoms with Gasteiger partial charge in [-0.2, -0.15) is 0 Å². The van der Waals surface area contributed by atoms with Crippen molar-refractivity contribution < 1.29 is 9.53 Å². The zero-order valence-electron chi connectivity index (χ0n) is 21.2. The minimum atomic E-state index is 0.197. The van der Waals surface area contributed by atoms with Crippen molar-refractivity contribution in [1.29, 1.82) is 0 Å².